The van der Waals surface area contributed by atoms with Crippen molar-refractivity contribution in [3.05, 3.63) is 5.01 Å². The van der Waals surface area contributed by atoms with Crippen LogP contribution in [0.1, 0.15) is 37.6 Å². The molecule has 7 heteroatoms. The first-order valence-corrected chi connectivity index (χ1v) is 7.57. The number of carbonyl (C=O) groups excluding carboxylic acids is 1. The minimum absolute atomic E-state index is 0.197. The number of unbranched alkanes of at least 4 members (excludes halogenated alkanes) is 1. The maximum absolute atomic E-state index is 12.0. The average Bonchev–Trinajstić information content (AvgIpc) is 2.84. The maximum Gasteiger partial charge on any atom is 0.323 e. The molecule has 106 valence electrons. The normalized spacial score (nSPS) is 19.5. The lowest BCUT2D eigenvalue weighted by molar-refractivity contribution is 0.0883. The summed E-state index contributed by atoms with van der Waals surface area (Å²) >= 11 is 1.42. The number of hydrogen-bond acceptors (Lipinski definition) is 5. The molecular weight excluding hydrogens is 264 g/mol. The van der Waals surface area contributed by atoms with E-state index in [0.717, 1.165) is 37.1 Å². The van der Waals surface area contributed by atoms with Gasteiger partial charge >= 0.3 is 6.03 Å². The minimum Gasteiger partial charge on any atom is -0.391 e. The van der Waals surface area contributed by atoms with Gasteiger partial charge in [-0.2, -0.15) is 0 Å². The number of β-amino-alcohol motifs (C(OH)–C–C–N with tert-alkyl or cyclic N) is 1. The number of urea groups is 1. The fourth-order valence-corrected chi connectivity index (χ4v) is 2.81. The number of anilines is 1. The number of nitrogens with one attached hydrogen (secondary N) is 1. The van der Waals surface area contributed by atoms with Crippen LogP contribution in [0.15, 0.2) is 0 Å². The highest BCUT2D eigenvalue weighted by atomic mass is 32.1. The third kappa shape index (κ3) is 4.14. The van der Waals surface area contributed by atoms with E-state index in [1.165, 1.54) is 11.3 Å². The van der Waals surface area contributed by atoms with Crippen molar-refractivity contribution in [3.63, 3.8) is 0 Å². The Hall–Kier alpha value is -1.21. The molecule has 0 aromatic carbocycles. The average molecular weight is 284 g/mol. The highest BCUT2D eigenvalue weighted by molar-refractivity contribution is 7.15. The summed E-state index contributed by atoms with van der Waals surface area (Å²) in [7, 11) is 0. The Kier molecular flexibility index (Phi) is 5.09. The lowest BCUT2D eigenvalue weighted by atomic mass is 10.1. The highest BCUT2D eigenvalue weighted by Crippen LogP contribution is 2.18. The number of aliphatic hydroxyl groups is 1. The SMILES string of the molecule is CCCCc1nnc(NC(=O)N2CCC[C@H](O)C2)s1. The van der Waals surface area contributed by atoms with Crippen LogP contribution >= 0.6 is 11.3 Å². The van der Waals surface area contributed by atoms with Gasteiger partial charge in [-0.15, -0.1) is 10.2 Å². The zero-order valence-electron chi connectivity index (χ0n) is 11.1. The summed E-state index contributed by atoms with van der Waals surface area (Å²) in [5, 5.41) is 21.8. The molecule has 1 fully saturated rings. The fraction of sp³-hybridized carbons (Fsp3) is 0.750. The molecule has 6 nitrogen and oxygen atoms in total. The smallest absolute Gasteiger partial charge is 0.323 e. The lowest BCUT2D eigenvalue weighted by Crippen LogP contribution is -2.44. The minimum atomic E-state index is -0.408. The van der Waals surface area contributed by atoms with Crippen molar-refractivity contribution < 1.29 is 9.90 Å². The summed E-state index contributed by atoms with van der Waals surface area (Å²) in [6.07, 6.45) is 4.31. The maximum atomic E-state index is 12.0. The van der Waals surface area contributed by atoms with E-state index >= 15 is 0 Å². The molecule has 2 amide bonds. The quantitative estimate of drug-likeness (QED) is 0.884. The van der Waals surface area contributed by atoms with Crippen LogP contribution in [0.5, 0.6) is 0 Å². The molecule has 0 unspecified atom stereocenters. The second-order valence-electron chi connectivity index (χ2n) is 4.78. The molecule has 0 spiro atoms. The Morgan fingerprint density at radius 1 is 1.58 bits per heavy atom. The number of carbonyl (C=O) groups is 1. The molecule has 0 saturated carbocycles. The van der Waals surface area contributed by atoms with E-state index in [9.17, 15) is 9.90 Å². The molecule has 1 aliphatic rings. The molecule has 0 aliphatic carbocycles. The van der Waals surface area contributed by atoms with Crippen molar-refractivity contribution in [2.45, 2.75) is 45.1 Å². The number of likely N-dealkylation sites (tertiary alicyclic amines) is 1. The third-order valence-electron chi connectivity index (χ3n) is 3.11. The van der Waals surface area contributed by atoms with Gasteiger partial charge in [0.2, 0.25) is 5.13 Å². The zero-order chi connectivity index (χ0) is 13.7. The molecule has 2 N–H and O–H groups in total. The Balaban J connectivity index is 1.86. The summed E-state index contributed by atoms with van der Waals surface area (Å²) in [6, 6.07) is -0.197. The summed E-state index contributed by atoms with van der Waals surface area (Å²) in [4.78, 5) is 13.6. The molecule has 1 aliphatic heterocycles. The van der Waals surface area contributed by atoms with Crippen LogP contribution < -0.4 is 5.32 Å². The number of aromatic nitrogens is 2. The van der Waals surface area contributed by atoms with E-state index in [0.29, 0.717) is 18.2 Å². The van der Waals surface area contributed by atoms with Gasteiger partial charge in [0.05, 0.1) is 6.10 Å². The number of hydrogen-bond donors (Lipinski definition) is 2. The van der Waals surface area contributed by atoms with E-state index in [1.807, 2.05) is 0 Å². The Morgan fingerprint density at radius 3 is 3.16 bits per heavy atom. The van der Waals surface area contributed by atoms with Crippen LogP contribution in [0.3, 0.4) is 0 Å². The molecule has 0 bridgehead atoms. The van der Waals surface area contributed by atoms with Gasteiger partial charge < -0.3 is 10.0 Å². The molecular formula is C12H20N4O2S. The van der Waals surface area contributed by atoms with Crippen LogP contribution in [0.2, 0.25) is 0 Å². The number of aryl methyl sites for hydroxylation is 1. The van der Waals surface area contributed by atoms with Gasteiger partial charge in [0, 0.05) is 19.5 Å². The van der Waals surface area contributed by atoms with Crippen LogP contribution in [0, 0.1) is 0 Å². The second kappa shape index (κ2) is 6.81. The van der Waals surface area contributed by atoms with E-state index in [4.69, 9.17) is 0 Å². The number of amides is 2. The summed E-state index contributed by atoms with van der Waals surface area (Å²) in [5.74, 6) is 0. The first kappa shape index (κ1) is 14.2. The van der Waals surface area contributed by atoms with E-state index in [2.05, 4.69) is 22.4 Å². The highest BCUT2D eigenvalue weighted by Gasteiger charge is 2.22. The van der Waals surface area contributed by atoms with Crippen molar-refractivity contribution in [1.29, 1.82) is 0 Å². The molecule has 2 rings (SSSR count). The van der Waals surface area contributed by atoms with Gasteiger partial charge in [-0.25, -0.2) is 4.79 Å². The van der Waals surface area contributed by atoms with Crippen molar-refractivity contribution in [3.8, 4) is 0 Å². The largest absolute Gasteiger partial charge is 0.391 e. The Bertz CT molecular complexity index is 424. The first-order chi connectivity index (χ1) is 9.19. The van der Waals surface area contributed by atoms with Gasteiger partial charge in [0.15, 0.2) is 0 Å². The lowest BCUT2D eigenvalue weighted by Gasteiger charge is -2.29. The number of piperidine rings is 1. The summed E-state index contributed by atoms with van der Waals surface area (Å²) in [6.45, 7) is 3.21. The van der Waals surface area contributed by atoms with Gasteiger partial charge in [0.1, 0.15) is 5.01 Å². The first-order valence-electron chi connectivity index (χ1n) is 6.75. The predicted octanol–water partition coefficient (Wildman–Crippen LogP) is 1.87. The number of nitrogens with zero attached hydrogens (tertiary/aromatic N) is 3. The standard InChI is InChI=1S/C12H20N4O2S/c1-2-3-6-10-14-15-11(19-10)13-12(18)16-7-4-5-9(17)8-16/h9,17H,2-8H2,1H3,(H,13,15,18)/t9-/m0/s1. The third-order valence-corrected chi connectivity index (χ3v) is 4.01. The van der Waals surface area contributed by atoms with Crippen molar-refractivity contribution >= 4 is 22.5 Å². The van der Waals surface area contributed by atoms with Crippen LogP contribution in [0.25, 0.3) is 0 Å². The molecule has 1 saturated heterocycles. The van der Waals surface area contributed by atoms with Gasteiger partial charge in [-0.3, -0.25) is 5.32 Å². The van der Waals surface area contributed by atoms with Crippen molar-refractivity contribution in [2.75, 3.05) is 18.4 Å². The summed E-state index contributed by atoms with van der Waals surface area (Å²) in [5.41, 5.74) is 0. The van der Waals surface area contributed by atoms with Crippen molar-refractivity contribution in [1.82, 2.24) is 15.1 Å². The Labute approximate surface area is 116 Å². The van der Waals surface area contributed by atoms with Gasteiger partial charge in [0.25, 0.3) is 0 Å². The van der Waals surface area contributed by atoms with Crippen molar-refractivity contribution in [2.24, 2.45) is 0 Å². The molecule has 19 heavy (non-hydrogen) atoms. The number of aliphatic hydroxyl groups excluding tert-OH is 1. The molecule has 2 heterocycles. The van der Waals surface area contributed by atoms with Crippen LogP contribution in [0.4, 0.5) is 9.93 Å². The van der Waals surface area contributed by atoms with Gasteiger partial charge in [-0.05, 0) is 19.3 Å². The predicted molar refractivity (Wildman–Crippen MR) is 74.4 cm³/mol. The van der Waals surface area contributed by atoms with Gasteiger partial charge in [-0.1, -0.05) is 24.7 Å². The molecule has 1 atom stereocenters. The molecule has 0 radical (unpaired) electrons. The molecule has 1 aromatic heterocycles. The summed E-state index contributed by atoms with van der Waals surface area (Å²) < 4.78 is 0. The second-order valence-corrected chi connectivity index (χ2v) is 5.84. The molecule has 1 aromatic rings. The van der Waals surface area contributed by atoms with Crippen LogP contribution in [-0.4, -0.2) is 45.4 Å². The van der Waals surface area contributed by atoms with Crippen LogP contribution in [-0.2, 0) is 6.42 Å². The monoisotopic (exact) mass is 284 g/mol. The Morgan fingerprint density at radius 2 is 2.42 bits per heavy atom. The topological polar surface area (TPSA) is 78.4 Å². The van der Waals surface area contributed by atoms with E-state index in [-0.39, 0.29) is 6.03 Å². The number of rotatable bonds is 4. The van der Waals surface area contributed by atoms with E-state index in [1.54, 1.807) is 4.90 Å². The van der Waals surface area contributed by atoms with E-state index < -0.39 is 6.10 Å². The fourth-order valence-electron chi connectivity index (χ4n) is 2.04. The zero-order valence-corrected chi connectivity index (χ0v) is 11.9.